The lowest BCUT2D eigenvalue weighted by atomic mass is 10.0. The maximum absolute atomic E-state index is 5.53. The maximum atomic E-state index is 5.53. The zero-order valence-electron chi connectivity index (χ0n) is 13.5. The molecule has 1 aromatic carbocycles. The largest absolute Gasteiger partial charge is 0.454 e. The van der Waals surface area contributed by atoms with Crippen molar-refractivity contribution in [1.82, 2.24) is 15.2 Å². The van der Waals surface area contributed by atoms with Crippen molar-refractivity contribution in [2.75, 3.05) is 18.2 Å². The summed E-state index contributed by atoms with van der Waals surface area (Å²) in [6.45, 7) is 1.28. The number of pyridine rings is 1. The van der Waals surface area contributed by atoms with Crippen LogP contribution in [0.5, 0.6) is 11.5 Å². The van der Waals surface area contributed by atoms with Gasteiger partial charge >= 0.3 is 0 Å². The highest BCUT2D eigenvalue weighted by Crippen LogP contribution is 2.42. The second-order valence-electron chi connectivity index (χ2n) is 6.07. The molecule has 0 amide bonds. The summed E-state index contributed by atoms with van der Waals surface area (Å²) in [6.07, 6.45) is 4.01. The molecular formula is C18H16N4O2S. The predicted molar refractivity (Wildman–Crippen MR) is 95.0 cm³/mol. The van der Waals surface area contributed by atoms with Gasteiger partial charge in [-0.15, -0.1) is 10.2 Å². The summed E-state index contributed by atoms with van der Waals surface area (Å²) >= 11 is 1.59. The van der Waals surface area contributed by atoms with Gasteiger partial charge < -0.3 is 14.4 Å². The lowest BCUT2D eigenvalue weighted by molar-refractivity contribution is 0.174. The van der Waals surface area contributed by atoms with Gasteiger partial charge in [0.05, 0.1) is 6.04 Å². The lowest BCUT2D eigenvalue weighted by Gasteiger charge is -2.24. The van der Waals surface area contributed by atoms with Crippen LogP contribution in [0.15, 0.2) is 42.6 Å². The third-order valence-corrected chi connectivity index (χ3v) is 5.56. The van der Waals surface area contributed by atoms with Crippen LogP contribution in [0.25, 0.3) is 10.7 Å². The molecule has 2 aliphatic heterocycles. The first-order valence-corrected chi connectivity index (χ1v) is 9.11. The number of fused-ring (bicyclic) bond motifs is 1. The fourth-order valence-corrected chi connectivity index (χ4v) is 4.28. The quantitative estimate of drug-likeness (QED) is 0.717. The Hall–Kier alpha value is -2.67. The van der Waals surface area contributed by atoms with Crippen molar-refractivity contribution in [1.29, 1.82) is 0 Å². The molecule has 0 aliphatic carbocycles. The second kappa shape index (κ2) is 6.00. The maximum Gasteiger partial charge on any atom is 0.231 e. The third kappa shape index (κ3) is 2.60. The van der Waals surface area contributed by atoms with Crippen molar-refractivity contribution in [2.45, 2.75) is 18.9 Å². The van der Waals surface area contributed by atoms with E-state index < -0.39 is 0 Å². The Bertz CT molecular complexity index is 899. The highest BCUT2D eigenvalue weighted by atomic mass is 32.1. The molecule has 1 unspecified atom stereocenters. The summed E-state index contributed by atoms with van der Waals surface area (Å²) in [6, 6.07) is 12.3. The fourth-order valence-electron chi connectivity index (χ4n) is 3.39. The summed E-state index contributed by atoms with van der Waals surface area (Å²) < 4.78 is 10.9. The number of aromatic nitrogens is 3. The highest BCUT2D eigenvalue weighted by molar-refractivity contribution is 7.18. The first-order chi connectivity index (χ1) is 12.4. The number of rotatable bonds is 3. The molecule has 3 aromatic rings. The summed E-state index contributed by atoms with van der Waals surface area (Å²) in [5, 5.41) is 10.6. The first kappa shape index (κ1) is 14.7. The minimum absolute atomic E-state index is 0.291. The Labute approximate surface area is 149 Å². The van der Waals surface area contributed by atoms with Crippen LogP contribution in [-0.4, -0.2) is 28.5 Å². The molecule has 1 saturated heterocycles. The van der Waals surface area contributed by atoms with Gasteiger partial charge in [-0.3, -0.25) is 4.98 Å². The Morgan fingerprint density at radius 2 is 2.04 bits per heavy atom. The number of hydrogen-bond donors (Lipinski definition) is 0. The molecule has 2 aliphatic rings. The minimum atomic E-state index is 0.291. The molecule has 25 heavy (non-hydrogen) atoms. The van der Waals surface area contributed by atoms with Crippen molar-refractivity contribution in [3.8, 4) is 22.2 Å². The van der Waals surface area contributed by atoms with E-state index in [2.05, 4.69) is 32.2 Å². The van der Waals surface area contributed by atoms with Crippen LogP contribution in [0.1, 0.15) is 24.4 Å². The molecule has 1 atom stereocenters. The number of hydrogen-bond acceptors (Lipinski definition) is 7. The molecule has 0 N–H and O–H groups in total. The lowest BCUT2D eigenvalue weighted by Crippen LogP contribution is -2.22. The van der Waals surface area contributed by atoms with Gasteiger partial charge in [0.25, 0.3) is 0 Å². The van der Waals surface area contributed by atoms with Gasteiger partial charge in [0.2, 0.25) is 11.9 Å². The van der Waals surface area contributed by atoms with Crippen molar-refractivity contribution in [3.05, 3.63) is 48.2 Å². The van der Waals surface area contributed by atoms with E-state index in [1.807, 2.05) is 24.3 Å². The van der Waals surface area contributed by atoms with Gasteiger partial charge in [-0.25, -0.2) is 0 Å². The normalized spacial score (nSPS) is 18.7. The Balaban J connectivity index is 1.44. The van der Waals surface area contributed by atoms with E-state index in [1.54, 1.807) is 17.5 Å². The van der Waals surface area contributed by atoms with Crippen LogP contribution in [0.3, 0.4) is 0 Å². The summed E-state index contributed by atoms with van der Waals surface area (Å²) in [5.41, 5.74) is 2.10. The topological polar surface area (TPSA) is 60.4 Å². The van der Waals surface area contributed by atoms with Crippen molar-refractivity contribution in [2.24, 2.45) is 0 Å². The van der Waals surface area contributed by atoms with Gasteiger partial charge in [-0.05, 0) is 42.7 Å². The summed E-state index contributed by atoms with van der Waals surface area (Å²) in [7, 11) is 0. The molecular weight excluding hydrogens is 336 g/mol. The first-order valence-electron chi connectivity index (χ1n) is 8.29. The SMILES string of the molecule is c1ccc(-c2nnc(N3CCCC3c3ccc4c(c3)OCO4)s2)nc1. The van der Waals surface area contributed by atoms with Gasteiger partial charge in [-0.1, -0.05) is 23.5 Å². The van der Waals surface area contributed by atoms with Crippen LogP contribution < -0.4 is 14.4 Å². The molecule has 0 saturated carbocycles. The zero-order chi connectivity index (χ0) is 16.6. The van der Waals surface area contributed by atoms with Crippen molar-refractivity contribution >= 4 is 16.5 Å². The molecule has 5 rings (SSSR count). The Morgan fingerprint density at radius 3 is 2.96 bits per heavy atom. The second-order valence-corrected chi connectivity index (χ2v) is 7.02. The smallest absolute Gasteiger partial charge is 0.231 e. The van der Waals surface area contributed by atoms with E-state index >= 15 is 0 Å². The average molecular weight is 352 g/mol. The predicted octanol–water partition coefficient (Wildman–Crippen LogP) is 3.67. The van der Waals surface area contributed by atoms with E-state index in [0.717, 1.165) is 46.7 Å². The average Bonchev–Trinajstić information content (AvgIpc) is 3.40. The van der Waals surface area contributed by atoms with Gasteiger partial charge in [0.1, 0.15) is 5.69 Å². The van der Waals surface area contributed by atoms with Gasteiger partial charge in [-0.2, -0.15) is 0 Å². The molecule has 4 heterocycles. The minimum Gasteiger partial charge on any atom is -0.454 e. The molecule has 2 aromatic heterocycles. The molecule has 1 fully saturated rings. The number of nitrogens with zero attached hydrogens (tertiary/aromatic N) is 4. The van der Waals surface area contributed by atoms with Crippen molar-refractivity contribution in [3.63, 3.8) is 0 Å². The van der Waals surface area contributed by atoms with Crippen LogP contribution in [0.4, 0.5) is 5.13 Å². The number of anilines is 1. The van der Waals surface area contributed by atoms with E-state index in [0.29, 0.717) is 12.8 Å². The molecule has 0 bridgehead atoms. The highest BCUT2D eigenvalue weighted by Gasteiger charge is 2.30. The third-order valence-electron chi connectivity index (χ3n) is 4.58. The molecule has 126 valence electrons. The van der Waals surface area contributed by atoms with Gasteiger partial charge in [0, 0.05) is 12.7 Å². The Morgan fingerprint density at radius 1 is 1.08 bits per heavy atom. The molecule has 7 heteroatoms. The van der Waals surface area contributed by atoms with E-state index in [1.165, 1.54) is 5.56 Å². The fraction of sp³-hybridized carbons (Fsp3) is 0.278. The zero-order valence-corrected chi connectivity index (χ0v) is 14.3. The van der Waals surface area contributed by atoms with E-state index in [-0.39, 0.29) is 0 Å². The molecule has 0 spiro atoms. The number of ether oxygens (including phenoxy) is 2. The summed E-state index contributed by atoms with van der Waals surface area (Å²) in [5.74, 6) is 1.65. The van der Waals surface area contributed by atoms with Crippen LogP contribution in [0.2, 0.25) is 0 Å². The van der Waals surface area contributed by atoms with Crippen LogP contribution in [0, 0.1) is 0 Å². The van der Waals surface area contributed by atoms with Crippen LogP contribution in [-0.2, 0) is 0 Å². The van der Waals surface area contributed by atoms with Gasteiger partial charge in [0.15, 0.2) is 16.5 Å². The van der Waals surface area contributed by atoms with E-state index in [9.17, 15) is 0 Å². The molecule has 6 nitrogen and oxygen atoms in total. The number of benzene rings is 1. The van der Waals surface area contributed by atoms with Crippen molar-refractivity contribution < 1.29 is 9.47 Å². The van der Waals surface area contributed by atoms with E-state index in [4.69, 9.17) is 9.47 Å². The monoisotopic (exact) mass is 352 g/mol. The summed E-state index contributed by atoms with van der Waals surface area (Å²) in [4.78, 5) is 6.70. The standard InChI is InChI=1S/C18H16N4O2S/c1-2-8-19-13(4-1)17-20-21-18(25-17)22-9-3-5-14(22)12-6-7-15-16(10-12)24-11-23-15/h1-2,4,6-8,10,14H,3,5,9,11H2. The Kier molecular flexibility index (Phi) is 3.52. The van der Waals surface area contributed by atoms with Crippen LogP contribution >= 0.6 is 11.3 Å². The molecule has 0 radical (unpaired) electrons.